The molecule has 3 unspecified atom stereocenters. The number of aliphatic hydroxyl groups excluding tert-OH is 1. The number of likely N-dealkylation sites (tertiary alicyclic amines) is 1. The molecule has 2 fully saturated rings. The van der Waals surface area contributed by atoms with Crippen molar-refractivity contribution in [2.24, 2.45) is 5.73 Å². The average molecular weight is 289 g/mol. The zero-order chi connectivity index (χ0) is 14.8. The number of nitrogens with two attached hydrogens (primary N) is 1. The minimum atomic E-state index is -0.404. The highest BCUT2D eigenvalue weighted by atomic mass is 16.3. The standard InChI is InChI=1S/C17H27N3O/c1-19-15-6-7-16(19)11-20(9-8-15)12-17(21)14-4-2-13(10-18)3-5-14/h2-5,15-17,21H,6-12,18H2,1H3. The molecule has 0 amide bonds. The van der Waals surface area contributed by atoms with Gasteiger partial charge in [-0.1, -0.05) is 24.3 Å². The Hall–Kier alpha value is -0.940. The first-order chi connectivity index (χ1) is 10.2. The number of aliphatic hydroxyl groups is 1. The van der Waals surface area contributed by atoms with E-state index in [2.05, 4.69) is 16.8 Å². The summed E-state index contributed by atoms with van der Waals surface area (Å²) in [5.41, 5.74) is 7.72. The van der Waals surface area contributed by atoms with Crippen molar-refractivity contribution in [1.82, 2.24) is 9.80 Å². The van der Waals surface area contributed by atoms with Crippen molar-refractivity contribution in [3.8, 4) is 0 Å². The Morgan fingerprint density at radius 2 is 1.90 bits per heavy atom. The third-order valence-corrected chi connectivity index (χ3v) is 5.26. The first-order valence-electron chi connectivity index (χ1n) is 8.08. The Labute approximate surface area is 127 Å². The number of likely N-dealkylation sites (N-methyl/N-ethyl adjacent to an activating group) is 1. The lowest BCUT2D eigenvalue weighted by Gasteiger charge is -2.27. The molecule has 3 rings (SSSR count). The molecule has 0 aromatic heterocycles. The second-order valence-electron chi connectivity index (χ2n) is 6.56. The summed E-state index contributed by atoms with van der Waals surface area (Å²) in [5.74, 6) is 0. The zero-order valence-electron chi connectivity index (χ0n) is 12.9. The molecule has 0 aliphatic carbocycles. The Kier molecular flexibility index (Phi) is 4.60. The second kappa shape index (κ2) is 6.44. The molecule has 0 saturated carbocycles. The maximum Gasteiger partial charge on any atom is 0.0916 e. The van der Waals surface area contributed by atoms with E-state index in [0.717, 1.165) is 36.8 Å². The molecule has 2 heterocycles. The molecule has 3 N–H and O–H groups in total. The maximum absolute atomic E-state index is 10.5. The summed E-state index contributed by atoms with van der Waals surface area (Å²) in [6, 6.07) is 9.45. The van der Waals surface area contributed by atoms with E-state index in [-0.39, 0.29) is 0 Å². The van der Waals surface area contributed by atoms with Gasteiger partial charge in [0.25, 0.3) is 0 Å². The molecule has 4 nitrogen and oxygen atoms in total. The lowest BCUT2D eigenvalue weighted by molar-refractivity contribution is 0.107. The van der Waals surface area contributed by atoms with Gasteiger partial charge in [-0.15, -0.1) is 0 Å². The Morgan fingerprint density at radius 3 is 2.62 bits per heavy atom. The highest BCUT2D eigenvalue weighted by Gasteiger charge is 2.34. The normalized spacial score (nSPS) is 28.5. The topological polar surface area (TPSA) is 52.7 Å². The first-order valence-corrected chi connectivity index (χ1v) is 8.08. The average Bonchev–Trinajstić information content (AvgIpc) is 2.75. The summed E-state index contributed by atoms with van der Waals surface area (Å²) in [6.45, 7) is 3.48. The van der Waals surface area contributed by atoms with Crippen molar-refractivity contribution < 1.29 is 5.11 Å². The highest BCUT2D eigenvalue weighted by molar-refractivity contribution is 5.24. The summed E-state index contributed by atoms with van der Waals surface area (Å²) in [6.07, 6.45) is 3.47. The molecule has 0 radical (unpaired) electrons. The first kappa shape index (κ1) is 15.0. The Bertz CT molecular complexity index is 462. The van der Waals surface area contributed by atoms with Gasteiger partial charge in [-0.3, -0.25) is 9.80 Å². The molecule has 116 valence electrons. The van der Waals surface area contributed by atoms with E-state index in [9.17, 15) is 5.11 Å². The minimum absolute atomic E-state index is 0.404. The predicted octanol–water partition coefficient (Wildman–Crippen LogP) is 1.35. The van der Waals surface area contributed by atoms with Crippen LogP contribution in [-0.2, 0) is 6.54 Å². The van der Waals surface area contributed by atoms with E-state index in [4.69, 9.17) is 5.73 Å². The van der Waals surface area contributed by atoms with Crippen molar-refractivity contribution >= 4 is 0 Å². The molecule has 2 aliphatic heterocycles. The van der Waals surface area contributed by atoms with Crippen molar-refractivity contribution in [2.45, 2.75) is 44.0 Å². The van der Waals surface area contributed by atoms with Crippen LogP contribution in [0.4, 0.5) is 0 Å². The molecule has 1 aromatic carbocycles. The molecular formula is C17H27N3O. The van der Waals surface area contributed by atoms with E-state index in [0.29, 0.717) is 12.6 Å². The monoisotopic (exact) mass is 289 g/mol. The summed E-state index contributed by atoms with van der Waals surface area (Å²) in [4.78, 5) is 4.98. The molecule has 3 atom stereocenters. The van der Waals surface area contributed by atoms with E-state index >= 15 is 0 Å². The number of hydrogen-bond donors (Lipinski definition) is 2. The van der Waals surface area contributed by atoms with Gasteiger partial charge >= 0.3 is 0 Å². The fourth-order valence-corrected chi connectivity index (χ4v) is 3.77. The quantitative estimate of drug-likeness (QED) is 0.878. The summed E-state index contributed by atoms with van der Waals surface area (Å²) in [5, 5.41) is 10.5. The number of β-amino-alcohol motifs (C(OH)–C–C–N with tert-alkyl or cyclic N) is 1. The van der Waals surface area contributed by atoms with Crippen LogP contribution in [0.5, 0.6) is 0 Å². The summed E-state index contributed by atoms with van der Waals surface area (Å²) < 4.78 is 0. The van der Waals surface area contributed by atoms with Crippen LogP contribution in [0.25, 0.3) is 0 Å². The zero-order valence-corrected chi connectivity index (χ0v) is 12.9. The lowest BCUT2D eigenvalue weighted by Crippen LogP contribution is -2.38. The molecule has 2 saturated heterocycles. The van der Waals surface area contributed by atoms with Crippen molar-refractivity contribution in [3.05, 3.63) is 35.4 Å². The summed E-state index contributed by atoms with van der Waals surface area (Å²) >= 11 is 0. The van der Waals surface area contributed by atoms with Gasteiger partial charge in [0.05, 0.1) is 6.10 Å². The summed E-state index contributed by atoms with van der Waals surface area (Å²) in [7, 11) is 2.26. The molecule has 2 aliphatic rings. The van der Waals surface area contributed by atoms with Crippen LogP contribution < -0.4 is 5.73 Å². The number of fused-ring (bicyclic) bond motifs is 2. The van der Waals surface area contributed by atoms with Crippen LogP contribution >= 0.6 is 0 Å². The highest BCUT2D eigenvalue weighted by Crippen LogP contribution is 2.29. The number of benzene rings is 1. The SMILES string of the molecule is CN1C2CCC1CN(CC(O)c1ccc(CN)cc1)CC2. The van der Waals surface area contributed by atoms with Crippen LogP contribution in [0, 0.1) is 0 Å². The van der Waals surface area contributed by atoms with E-state index < -0.39 is 6.10 Å². The van der Waals surface area contributed by atoms with Crippen molar-refractivity contribution in [1.29, 1.82) is 0 Å². The number of nitrogens with zero attached hydrogens (tertiary/aromatic N) is 2. The molecular weight excluding hydrogens is 262 g/mol. The largest absolute Gasteiger partial charge is 0.387 e. The van der Waals surface area contributed by atoms with Gasteiger partial charge in [0, 0.05) is 31.7 Å². The fraction of sp³-hybridized carbons (Fsp3) is 0.647. The number of rotatable bonds is 4. The number of hydrogen-bond acceptors (Lipinski definition) is 4. The molecule has 0 spiro atoms. The van der Waals surface area contributed by atoms with Crippen molar-refractivity contribution in [2.75, 3.05) is 26.7 Å². The smallest absolute Gasteiger partial charge is 0.0916 e. The van der Waals surface area contributed by atoms with E-state index in [1.165, 1.54) is 19.3 Å². The lowest BCUT2D eigenvalue weighted by atomic mass is 10.0. The van der Waals surface area contributed by atoms with Gasteiger partial charge < -0.3 is 10.8 Å². The van der Waals surface area contributed by atoms with Gasteiger partial charge in [-0.05, 0) is 44.0 Å². The second-order valence-corrected chi connectivity index (χ2v) is 6.56. The minimum Gasteiger partial charge on any atom is -0.387 e. The molecule has 1 aromatic rings. The molecule has 4 heteroatoms. The van der Waals surface area contributed by atoms with Crippen LogP contribution in [0.3, 0.4) is 0 Å². The van der Waals surface area contributed by atoms with Gasteiger partial charge in [0.2, 0.25) is 0 Å². The van der Waals surface area contributed by atoms with Crippen molar-refractivity contribution in [3.63, 3.8) is 0 Å². The van der Waals surface area contributed by atoms with Crippen LogP contribution in [-0.4, -0.2) is 53.7 Å². The van der Waals surface area contributed by atoms with Crippen LogP contribution in [0.2, 0.25) is 0 Å². The van der Waals surface area contributed by atoms with Gasteiger partial charge in [0.15, 0.2) is 0 Å². The molecule has 2 bridgehead atoms. The maximum atomic E-state index is 10.5. The fourth-order valence-electron chi connectivity index (χ4n) is 3.77. The van der Waals surface area contributed by atoms with E-state index in [1.807, 2.05) is 24.3 Å². The van der Waals surface area contributed by atoms with Crippen LogP contribution in [0.15, 0.2) is 24.3 Å². The third kappa shape index (κ3) is 3.29. The third-order valence-electron chi connectivity index (χ3n) is 5.26. The van der Waals surface area contributed by atoms with E-state index in [1.54, 1.807) is 0 Å². The Balaban J connectivity index is 1.60. The molecule has 21 heavy (non-hydrogen) atoms. The predicted molar refractivity (Wildman–Crippen MR) is 84.9 cm³/mol. The Morgan fingerprint density at radius 1 is 1.19 bits per heavy atom. The van der Waals surface area contributed by atoms with Gasteiger partial charge in [0.1, 0.15) is 0 Å². The van der Waals surface area contributed by atoms with Gasteiger partial charge in [-0.2, -0.15) is 0 Å². The van der Waals surface area contributed by atoms with Gasteiger partial charge in [-0.25, -0.2) is 0 Å². The van der Waals surface area contributed by atoms with Crippen LogP contribution in [0.1, 0.15) is 36.5 Å².